The second kappa shape index (κ2) is 7.48. The quantitative estimate of drug-likeness (QED) is 0.828. The summed E-state index contributed by atoms with van der Waals surface area (Å²) in [4.78, 5) is 0. The third kappa shape index (κ3) is 3.57. The van der Waals surface area contributed by atoms with Crippen LogP contribution in [-0.2, 0) is 10.8 Å². The van der Waals surface area contributed by atoms with Crippen LogP contribution in [0.5, 0.6) is 5.75 Å². The molecular weight excluding hydrogens is 300 g/mol. The van der Waals surface area contributed by atoms with Gasteiger partial charge in [-0.25, -0.2) is 0 Å². The van der Waals surface area contributed by atoms with Gasteiger partial charge >= 0.3 is 0 Å². The van der Waals surface area contributed by atoms with Gasteiger partial charge in [-0.2, -0.15) is 0 Å². The lowest BCUT2D eigenvalue weighted by Crippen LogP contribution is -1.99. The maximum absolute atomic E-state index is 12.2. The topological polar surface area (TPSA) is 26.3 Å². The molecule has 2 rings (SSSR count). The normalized spacial score (nSPS) is 13.5. The van der Waals surface area contributed by atoms with E-state index in [9.17, 15) is 4.21 Å². The molecular formula is C17H18O2S2. The summed E-state index contributed by atoms with van der Waals surface area (Å²) in [5.41, 5.74) is 2.98. The van der Waals surface area contributed by atoms with Crippen LogP contribution in [-0.4, -0.2) is 23.8 Å². The van der Waals surface area contributed by atoms with Gasteiger partial charge in [-0.05, 0) is 17.9 Å². The molecule has 2 aromatic carbocycles. The zero-order valence-corrected chi connectivity index (χ0v) is 14.0. The van der Waals surface area contributed by atoms with Crippen LogP contribution in [0.4, 0.5) is 0 Å². The number of hydrogen-bond acceptors (Lipinski definition) is 3. The third-order valence-corrected chi connectivity index (χ3v) is 5.59. The smallest absolute Gasteiger partial charge is 0.126 e. The number of methoxy groups -OCH3 is 1. The van der Waals surface area contributed by atoms with Crippen LogP contribution in [0.25, 0.3) is 5.57 Å². The summed E-state index contributed by atoms with van der Waals surface area (Å²) in [7, 11) is 0.598. The molecule has 0 aliphatic rings. The van der Waals surface area contributed by atoms with Crippen molar-refractivity contribution < 1.29 is 8.95 Å². The number of ether oxygens (including phenoxy) is 1. The Morgan fingerprint density at radius 3 is 2.24 bits per heavy atom. The molecule has 0 fully saturated rings. The SMILES string of the molecule is COc1ccccc1/C(=C(/SC)S(C)=O)c1ccccc1. The first-order valence-electron chi connectivity index (χ1n) is 6.49. The molecule has 0 saturated heterocycles. The molecule has 0 saturated carbocycles. The Bertz CT molecular complexity index is 664. The Balaban J connectivity index is 2.76. The fraction of sp³-hybridized carbons (Fsp3) is 0.176. The van der Waals surface area contributed by atoms with Gasteiger partial charge in [0.1, 0.15) is 5.75 Å². The highest BCUT2D eigenvalue weighted by atomic mass is 32.2. The van der Waals surface area contributed by atoms with Crippen molar-refractivity contribution >= 4 is 28.1 Å². The van der Waals surface area contributed by atoms with Crippen LogP contribution in [0.2, 0.25) is 0 Å². The average Bonchev–Trinajstić information content (AvgIpc) is 2.53. The Morgan fingerprint density at radius 1 is 1.05 bits per heavy atom. The van der Waals surface area contributed by atoms with E-state index in [1.165, 1.54) is 11.8 Å². The van der Waals surface area contributed by atoms with Gasteiger partial charge in [-0.15, -0.1) is 11.8 Å². The van der Waals surface area contributed by atoms with E-state index in [1.54, 1.807) is 13.4 Å². The fourth-order valence-electron chi connectivity index (χ4n) is 2.20. The molecule has 21 heavy (non-hydrogen) atoms. The standard InChI is InChI=1S/C17H18O2S2/c1-19-15-12-8-7-11-14(15)16(17(20-2)21(3)18)13-9-5-4-6-10-13/h4-12H,1-3H3/b17-16-. The van der Waals surface area contributed by atoms with Crippen LogP contribution in [0.15, 0.2) is 58.8 Å². The summed E-state index contributed by atoms with van der Waals surface area (Å²) in [6.07, 6.45) is 3.67. The first kappa shape index (κ1) is 15.9. The summed E-state index contributed by atoms with van der Waals surface area (Å²) in [5.74, 6) is 0.786. The minimum absolute atomic E-state index is 0.786. The Kier molecular flexibility index (Phi) is 5.65. The molecule has 0 heterocycles. The van der Waals surface area contributed by atoms with Crippen LogP contribution in [0.1, 0.15) is 11.1 Å². The van der Waals surface area contributed by atoms with Crippen LogP contribution in [0, 0.1) is 0 Å². The number of thioether (sulfide) groups is 1. The lowest BCUT2D eigenvalue weighted by atomic mass is 9.99. The highest BCUT2D eigenvalue weighted by Crippen LogP contribution is 2.37. The maximum atomic E-state index is 12.2. The molecule has 1 atom stereocenters. The molecule has 1 unspecified atom stereocenters. The van der Waals surface area contributed by atoms with Gasteiger partial charge in [0.15, 0.2) is 0 Å². The molecule has 0 aromatic heterocycles. The Hall–Kier alpha value is -1.52. The Morgan fingerprint density at radius 2 is 1.67 bits per heavy atom. The van der Waals surface area contributed by atoms with E-state index in [2.05, 4.69) is 0 Å². The second-order valence-corrected chi connectivity index (χ2v) is 6.78. The van der Waals surface area contributed by atoms with Gasteiger partial charge in [0, 0.05) is 17.4 Å². The minimum Gasteiger partial charge on any atom is -0.496 e. The highest BCUT2D eigenvalue weighted by Gasteiger charge is 2.17. The Labute approximate surface area is 132 Å². The molecule has 110 valence electrons. The predicted octanol–water partition coefficient (Wildman–Crippen LogP) is 4.15. The zero-order chi connectivity index (χ0) is 15.2. The molecule has 0 N–H and O–H groups in total. The monoisotopic (exact) mass is 318 g/mol. The number of para-hydroxylation sites is 1. The van der Waals surface area contributed by atoms with Crippen molar-refractivity contribution in [2.24, 2.45) is 0 Å². The van der Waals surface area contributed by atoms with Crippen molar-refractivity contribution in [1.29, 1.82) is 0 Å². The van der Waals surface area contributed by atoms with Crippen LogP contribution < -0.4 is 4.74 Å². The first-order chi connectivity index (χ1) is 10.2. The molecule has 0 aliphatic heterocycles. The van der Waals surface area contributed by atoms with Gasteiger partial charge in [-0.3, -0.25) is 4.21 Å². The van der Waals surface area contributed by atoms with E-state index < -0.39 is 10.8 Å². The van der Waals surface area contributed by atoms with Gasteiger partial charge in [-0.1, -0.05) is 48.5 Å². The molecule has 0 aliphatic carbocycles. The molecule has 4 heteroatoms. The van der Waals surface area contributed by atoms with Crippen molar-refractivity contribution in [1.82, 2.24) is 0 Å². The molecule has 0 radical (unpaired) electrons. The minimum atomic E-state index is -1.06. The van der Waals surface area contributed by atoms with Gasteiger partial charge in [0.2, 0.25) is 0 Å². The number of hydrogen-bond donors (Lipinski definition) is 0. The van der Waals surface area contributed by atoms with E-state index in [0.717, 1.165) is 26.7 Å². The largest absolute Gasteiger partial charge is 0.496 e. The molecule has 2 nitrogen and oxygen atoms in total. The molecule has 0 amide bonds. The van der Waals surface area contributed by atoms with E-state index in [4.69, 9.17) is 4.74 Å². The summed E-state index contributed by atoms with van der Waals surface area (Å²) >= 11 is 1.52. The van der Waals surface area contributed by atoms with Crippen molar-refractivity contribution in [3.8, 4) is 5.75 Å². The van der Waals surface area contributed by atoms with E-state index in [-0.39, 0.29) is 0 Å². The zero-order valence-electron chi connectivity index (χ0n) is 12.3. The van der Waals surface area contributed by atoms with Crippen molar-refractivity contribution in [3.63, 3.8) is 0 Å². The molecule has 0 spiro atoms. The van der Waals surface area contributed by atoms with E-state index in [0.29, 0.717) is 0 Å². The third-order valence-electron chi connectivity index (χ3n) is 3.09. The summed E-state index contributed by atoms with van der Waals surface area (Å²) in [6.45, 7) is 0. The number of rotatable bonds is 5. The van der Waals surface area contributed by atoms with Crippen molar-refractivity contribution in [2.45, 2.75) is 0 Å². The van der Waals surface area contributed by atoms with Crippen LogP contribution in [0.3, 0.4) is 0 Å². The van der Waals surface area contributed by atoms with Gasteiger partial charge in [0.05, 0.1) is 22.1 Å². The molecule has 2 aromatic rings. The average molecular weight is 318 g/mol. The number of benzene rings is 2. The summed E-state index contributed by atoms with van der Waals surface area (Å²) in [5, 5.41) is 0. The van der Waals surface area contributed by atoms with Gasteiger partial charge < -0.3 is 4.74 Å². The molecule has 0 bridgehead atoms. The first-order valence-corrected chi connectivity index (χ1v) is 9.27. The van der Waals surface area contributed by atoms with Crippen molar-refractivity contribution in [2.75, 3.05) is 19.6 Å². The lowest BCUT2D eigenvalue weighted by Gasteiger charge is -2.16. The van der Waals surface area contributed by atoms with E-state index >= 15 is 0 Å². The second-order valence-electron chi connectivity index (χ2n) is 4.39. The summed E-state index contributed by atoms with van der Waals surface area (Å²) < 4.78 is 18.5. The fourth-order valence-corrected chi connectivity index (χ4v) is 4.09. The van der Waals surface area contributed by atoms with Crippen molar-refractivity contribution in [3.05, 3.63) is 70.0 Å². The van der Waals surface area contributed by atoms with Gasteiger partial charge in [0.25, 0.3) is 0 Å². The van der Waals surface area contributed by atoms with E-state index in [1.807, 2.05) is 60.9 Å². The maximum Gasteiger partial charge on any atom is 0.126 e. The predicted molar refractivity (Wildman–Crippen MR) is 93.0 cm³/mol. The highest BCUT2D eigenvalue weighted by molar-refractivity contribution is 8.16. The summed E-state index contributed by atoms with van der Waals surface area (Å²) in [6, 6.07) is 17.9. The van der Waals surface area contributed by atoms with Crippen LogP contribution >= 0.6 is 11.8 Å². The lowest BCUT2D eigenvalue weighted by molar-refractivity contribution is 0.413.